The molecule has 1 aliphatic rings. The Morgan fingerprint density at radius 3 is 2.55 bits per heavy atom. The van der Waals surface area contributed by atoms with Crippen LogP contribution in [0.25, 0.3) is 0 Å². The van der Waals surface area contributed by atoms with Crippen molar-refractivity contribution in [2.24, 2.45) is 5.73 Å². The molecular formula is C14H24ClN3OS. The number of rotatable bonds is 6. The molecule has 0 spiro atoms. The van der Waals surface area contributed by atoms with Crippen molar-refractivity contribution in [1.29, 1.82) is 0 Å². The average molecular weight is 318 g/mol. The second-order valence-electron chi connectivity index (χ2n) is 5.26. The summed E-state index contributed by atoms with van der Waals surface area (Å²) in [7, 11) is 0. The second kappa shape index (κ2) is 7.73. The lowest BCUT2D eigenvalue weighted by Crippen LogP contribution is -2.51. The molecule has 20 heavy (non-hydrogen) atoms. The molecule has 1 aromatic rings. The fraction of sp³-hybridized carbons (Fsp3) is 0.714. The number of hydrogen-bond donors (Lipinski definition) is 2. The van der Waals surface area contributed by atoms with Gasteiger partial charge in [0, 0.05) is 43.6 Å². The molecule has 1 aliphatic heterocycles. The highest BCUT2D eigenvalue weighted by Crippen LogP contribution is 2.33. The predicted molar refractivity (Wildman–Crippen MR) is 85.4 cm³/mol. The Bertz CT molecular complexity index is 407. The zero-order valence-electron chi connectivity index (χ0n) is 12.0. The molecule has 3 N–H and O–H groups in total. The summed E-state index contributed by atoms with van der Waals surface area (Å²) < 4.78 is 0.826. The smallest absolute Gasteiger partial charge is 0.0931 e. The minimum absolute atomic E-state index is 0.133. The lowest BCUT2D eigenvalue weighted by Gasteiger charge is -2.40. The summed E-state index contributed by atoms with van der Waals surface area (Å²) in [4.78, 5) is 6.02. The van der Waals surface area contributed by atoms with Crippen LogP contribution in [-0.4, -0.2) is 60.3 Å². The normalized spacial score (nSPS) is 21.0. The first kappa shape index (κ1) is 16.2. The standard InChI is InChI=1S/C14H24ClN3OS/c1-2-11(16)14(12-3-4-13(15)20-12)18-7-5-17(6-8-18)9-10-19/h3-4,11,14,19H,2,5-10,16H2,1H3. The first-order chi connectivity index (χ1) is 9.65. The van der Waals surface area contributed by atoms with Crippen LogP contribution in [0.5, 0.6) is 0 Å². The van der Waals surface area contributed by atoms with E-state index in [0.29, 0.717) is 0 Å². The molecule has 4 nitrogen and oxygen atoms in total. The molecule has 0 aromatic carbocycles. The predicted octanol–water partition coefficient (Wildman–Crippen LogP) is 1.79. The molecule has 2 rings (SSSR count). The van der Waals surface area contributed by atoms with Gasteiger partial charge in [-0.3, -0.25) is 9.80 Å². The van der Waals surface area contributed by atoms with Crippen molar-refractivity contribution >= 4 is 22.9 Å². The van der Waals surface area contributed by atoms with Gasteiger partial charge in [-0.25, -0.2) is 0 Å². The van der Waals surface area contributed by atoms with Gasteiger partial charge in [-0.05, 0) is 18.6 Å². The number of β-amino-alcohol motifs (C(OH)–C–C–N with tert-alkyl or cyclic N) is 1. The molecule has 2 unspecified atom stereocenters. The largest absolute Gasteiger partial charge is 0.395 e. The average Bonchev–Trinajstić information content (AvgIpc) is 2.87. The van der Waals surface area contributed by atoms with Crippen LogP contribution in [0.4, 0.5) is 0 Å². The third-order valence-electron chi connectivity index (χ3n) is 3.98. The van der Waals surface area contributed by atoms with Gasteiger partial charge < -0.3 is 10.8 Å². The maximum atomic E-state index is 9.01. The summed E-state index contributed by atoms with van der Waals surface area (Å²) in [5, 5.41) is 9.01. The van der Waals surface area contributed by atoms with Gasteiger partial charge in [-0.2, -0.15) is 0 Å². The third-order valence-corrected chi connectivity index (χ3v) is 5.28. The molecule has 6 heteroatoms. The van der Waals surface area contributed by atoms with Crippen LogP contribution in [0, 0.1) is 0 Å². The van der Waals surface area contributed by atoms with Gasteiger partial charge in [0.05, 0.1) is 17.0 Å². The van der Waals surface area contributed by atoms with Gasteiger partial charge >= 0.3 is 0 Å². The van der Waals surface area contributed by atoms with E-state index in [2.05, 4.69) is 22.8 Å². The first-order valence-electron chi connectivity index (χ1n) is 7.23. The van der Waals surface area contributed by atoms with Crippen LogP contribution in [-0.2, 0) is 0 Å². The first-order valence-corrected chi connectivity index (χ1v) is 8.43. The number of halogens is 1. The van der Waals surface area contributed by atoms with Crippen LogP contribution < -0.4 is 5.73 Å². The lowest BCUT2D eigenvalue weighted by molar-refractivity contribution is 0.0746. The minimum Gasteiger partial charge on any atom is -0.395 e. The van der Waals surface area contributed by atoms with Crippen LogP contribution in [0.1, 0.15) is 24.3 Å². The number of piperazine rings is 1. The molecule has 0 radical (unpaired) electrons. The third kappa shape index (κ3) is 3.93. The topological polar surface area (TPSA) is 52.7 Å². The van der Waals surface area contributed by atoms with Gasteiger partial charge in [-0.1, -0.05) is 18.5 Å². The Morgan fingerprint density at radius 1 is 1.35 bits per heavy atom. The summed E-state index contributed by atoms with van der Waals surface area (Å²) >= 11 is 7.71. The van der Waals surface area contributed by atoms with E-state index in [1.165, 1.54) is 4.88 Å². The number of thiophene rings is 1. The number of hydrogen-bond acceptors (Lipinski definition) is 5. The van der Waals surface area contributed by atoms with Crippen molar-refractivity contribution in [3.8, 4) is 0 Å². The zero-order valence-corrected chi connectivity index (χ0v) is 13.5. The highest BCUT2D eigenvalue weighted by molar-refractivity contribution is 7.16. The summed E-state index contributed by atoms with van der Waals surface area (Å²) in [6.07, 6.45) is 0.955. The Morgan fingerprint density at radius 2 is 2.05 bits per heavy atom. The van der Waals surface area contributed by atoms with Crippen molar-refractivity contribution in [3.63, 3.8) is 0 Å². The number of nitrogens with zero attached hydrogens (tertiary/aromatic N) is 2. The molecule has 1 fully saturated rings. The summed E-state index contributed by atoms with van der Waals surface area (Å²) in [5.41, 5.74) is 6.35. The van der Waals surface area contributed by atoms with Gasteiger partial charge in [0.1, 0.15) is 0 Å². The van der Waals surface area contributed by atoms with Crippen molar-refractivity contribution < 1.29 is 5.11 Å². The van der Waals surface area contributed by atoms with E-state index in [0.717, 1.165) is 43.5 Å². The van der Waals surface area contributed by atoms with E-state index in [4.69, 9.17) is 22.4 Å². The van der Waals surface area contributed by atoms with Crippen molar-refractivity contribution in [3.05, 3.63) is 21.3 Å². The molecule has 0 aliphatic carbocycles. The molecule has 2 atom stereocenters. The molecule has 1 saturated heterocycles. The van der Waals surface area contributed by atoms with Crippen LogP contribution >= 0.6 is 22.9 Å². The highest BCUT2D eigenvalue weighted by atomic mass is 35.5. The molecule has 2 heterocycles. The van der Waals surface area contributed by atoms with E-state index in [1.54, 1.807) is 11.3 Å². The summed E-state index contributed by atoms with van der Waals surface area (Å²) in [6.45, 7) is 7.11. The Kier molecular flexibility index (Phi) is 6.26. The van der Waals surface area contributed by atoms with Gasteiger partial charge in [-0.15, -0.1) is 11.3 Å². The van der Waals surface area contributed by atoms with Gasteiger partial charge in [0.15, 0.2) is 0 Å². The van der Waals surface area contributed by atoms with E-state index in [-0.39, 0.29) is 18.7 Å². The lowest BCUT2D eigenvalue weighted by atomic mass is 10.0. The van der Waals surface area contributed by atoms with E-state index in [9.17, 15) is 0 Å². The molecule has 0 saturated carbocycles. The van der Waals surface area contributed by atoms with E-state index in [1.807, 2.05) is 6.07 Å². The van der Waals surface area contributed by atoms with Crippen molar-refractivity contribution in [2.75, 3.05) is 39.3 Å². The number of nitrogens with two attached hydrogens (primary N) is 1. The molecule has 0 bridgehead atoms. The van der Waals surface area contributed by atoms with E-state index < -0.39 is 0 Å². The number of aliphatic hydroxyl groups is 1. The maximum Gasteiger partial charge on any atom is 0.0931 e. The van der Waals surface area contributed by atoms with Gasteiger partial charge in [0.25, 0.3) is 0 Å². The molecular weight excluding hydrogens is 294 g/mol. The van der Waals surface area contributed by atoms with Crippen LogP contribution in [0.3, 0.4) is 0 Å². The Labute approximate surface area is 130 Å². The summed E-state index contributed by atoms with van der Waals surface area (Å²) in [6, 6.07) is 4.45. The van der Waals surface area contributed by atoms with Crippen molar-refractivity contribution in [2.45, 2.75) is 25.4 Å². The zero-order chi connectivity index (χ0) is 14.5. The highest BCUT2D eigenvalue weighted by Gasteiger charge is 2.29. The number of aliphatic hydroxyl groups excluding tert-OH is 1. The SMILES string of the molecule is CCC(N)C(c1ccc(Cl)s1)N1CCN(CCO)CC1. The maximum absolute atomic E-state index is 9.01. The summed E-state index contributed by atoms with van der Waals surface area (Å²) in [5.74, 6) is 0. The van der Waals surface area contributed by atoms with Gasteiger partial charge in [0.2, 0.25) is 0 Å². The Balaban J connectivity index is 2.05. The van der Waals surface area contributed by atoms with Crippen molar-refractivity contribution in [1.82, 2.24) is 9.80 Å². The monoisotopic (exact) mass is 317 g/mol. The van der Waals surface area contributed by atoms with Crippen LogP contribution in [0.15, 0.2) is 12.1 Å². The quantitative estimate of drug-likeness (QED) is 0.840. The van der Waals surface area contributed by atoms with E-state index >= 15 is 0 Å². The molecule has 0 amide bonds. The molecule has 114 valence electrons. The Hall–Kier alpha value is -0.170. The molecule has 1 aromatic heterocycles. The minimum atomic E-state index is 0.133. The van der Waals surface area contributed by atoms with Crippen LogP contribution in [0.2, 0.25) is 4.34 Å². The fourth-order valence-electron chi connectivity index (χ4n) is 2.78. The second-order valence-corrected chi connectivity index (χ2v) is 7.01. The fourth-order valence-corrected chi connectivity index (χ4v) is 4.05.